The molecule has 0 bridgehead atoms. The third kappa shape index (κ3) is 4.25. The fourth-order valence-corrected chi connectivity index (χ4v) is 3.55. The molecule has 1 amide bonds. The summed E-state index contributed by atoms with van der Waals surface area (Å²) in [5, 5.41) is 0. The zero-order valence-electron chi connectivity index (χ0n) is 14.1. The van der Waals surface area contributed by atoms with Gasteiger partial charge in [0.05, 0.1) is 0 Å². The Bertz CT molecular complexity index is 555. The van der Waals surface area contributed by atoms with Gasteiger partial charge in [-0.1, -0.05) is 17.7 Å². The molecule has 1 saturated carbocycles. The normalized spacial score (nSPS) is 22.4. The van der Waals surface area contributed by atoms with Gasteiger partial charge in [0, 0.05) is 44.7 Å². The molecule has 1 saturated heterocycles. The van der Waals surface area contributed by atoms with Crippen molar-refractivity contribution < 1.29 is 18.3 Å². The van der Waals surface area contributed by atoms with Crippen molar-refractivity contribution in [2.24, 2.45) is 5.92 Å². The quantitative estimate of drug-likeness (QED) is 0.828. The molecule has 2 fully saturated rings. The molecule has 3 rings (SSSR count). The number of alkyl halides is 2. The number of benzene rings is 1. The van der Waals surface area contributed by atoms with Crippen LogP contribution in [0.25, 0.3) is 0 Å². The monoisotopic (exact) mass is 337 g/mol. The number of halogens is 2. The van der Waals surface area contributed by atoms with Gasteiger partial charge in [0.15, 0.2) is 0 Å². The molecule has 3 nitrogen and oxygen atoms in total. The molecule has 2 aliphatic rings. The fourth-order valence-electron chi connectivity index (χ4n) is 3.55. The van der Waals surface area contributed by atoms with Gasteiger partial charge >= 0.3 is 0 Å². The van der Waals surface area contributed by atoms with Crippen LogP contribution in [0, 0.1) is 12.8 Å². The first kappa shape index (κ1) is 17.2. The van der Waals surface area contributed by atoms with Crippen molar-refractivity contribution in [3.05, 3.63) is 29.8 Å². The van der Waals surface area contributed by atoms with Gasteiger partial charge in [-0.15, -0.1) is 0 Å². The number of likely N-dealkylation sites (tertiary alicyclic amines) is 1. The second kappa shape index (κ2) is 7.08. The first-order valence-electron chi connectivity index (χ1n) is 8.83. The summed E-state index contributed by atoms with van der Waals surface area (Å²) < 4.78 is 32.4. The van der Waals surface area contributed by atoms with E-state index in [9.17, 15) is 13.6 Å². The standard InChI is InChI=1S/C19H25F2NO2/c1-14-2-4-16(5-3-14)24-17-8-12-22(13-9-17)18(23)15-6-10-19(20,21)11-7-15/h2-5,15,17H,6-13H2,1H3. The predicted molar refractivity (Wildman–Crippen MR) is 88.3 cm³/mol. The Morgan fingerprint density at radius 3 is 2.25 bits per heavy atom. The minimum atomic E-state index is -2.58. The minimum Gasteiger partial charge on any atom is -0.490 e. The Balaban J connectivity index is 1.46. The Labute approximate surface area is 142 Å². The molecule has 1 aromatic rings. The SMILES string of the molecule is Cc1ccc(OC2CCN(C(=O)C3CCC(F)(F)CC3)CC2)cc1. The van der Waals surface area contributed by atoms with Crippen LogP contribution in [-0.4, -0.2) is 35.9 Å². The molecule has 1 aromatic carbocycles. The van der Waals surface area contributed by atoms with E-state index in [1.54, 1.807) is 0 Å². The predicted octanol–water partition coefficient (Wildman–Crippen LogP) is 4.19. The molecule has 0 radical (unpaired) electrons. The van der Waals surface area contributed by atoms with E-state index >= 15 is 0 Å². The van der Waals surface area contributed by atoms with E-state index in [1.165, 1.54) is 5.56 Å². The van der Waals surface area contributed by atoms with Gasteiger partial charge in [0.2, 0.25) is 11.8 Å². The van der Waals surface area contributed by atoms with Crippen molar-refractivity contribution in [3.63, 3.8) is 0 Å². The molecular formula is C19H25F2NO2. The van der Waals surface area contributed by atoms with E-state index in [1.807, 2.05) is 36.1 Å². The van der Waals surface area contributed by atoms with Crippen LogP contribution in [0.15, 0.2) is 24.3 Å². The Hall–Kier alpha value is -1.65. The van der Waals surface area contributed by atoms with E-state index in [4.69, 9.17) is 4.74 Å². The van der Waals surface area contributed by atoms with Gasteiger partial charge in [-0.3, -0.25) is 4.79 Å². The van der Waals surface area contributed by atoms with Crippen LogP contribution in [0.4, 0.5) is 8.78 Å². The van der Waals surface area contributed by atoms with Gasteiger partial charge in [-0.05, 0) is 31.9 Å². The highest BCUT2D eigenvalue weighted by molar-refractivity contribution is 5.79. The molecule has 1 heterocycles. The van der Waals surface area contributed by atoms with Gasteiger partial charge < -0.3 is 9.64 Å². The maximum absolute atomic E-state index is 13.2. The largest absolute Gasteiger partial charge is 0.490 e. The first-order valence-corrected chi connectivity index (χ1v) is 8.83. The fraction of sp³-hybridized carbons (Fsp3) is 0.632. The van der Waals surface area contributed by atoms with E-state index in [2.05, 4.69) is 0 Å². The second-order valence-electron chi connectivity index (χ2n) is 7.09. The lowest BCUT2D eigenvalue weighted by Crippen LogP contribution is -2.45. The lowest BCUT2D eigenvalue weighted by atomic mass is 9.85. The average molecular weight is 337 g/mol. The highest BCUT2D eigenvalue weighted by Gasteiger charge is 2.39. The summed E-state index contributed by atoms with van der Waals surface area (Å²) in [5.41, 5.74) is 1.20. The number of piperidine rings is 1. The van der Waals surface area contributed by atoms with Crippen molar-refractivity contribution in [3.8, 4) is 5.75 Å². The lowest BCUT2D eigenvalue weighted by molar-refractivity contribution is -0.141. The summed E-state index contributed by atoms with van der Waals surface area (Å²) in [4.78, 5) is 14.3. The van der Waals surface area contributed by atoms with Crippen molar-refractivity contribution >= 4 is 5.91 Å². The van der Waals surface area contributed by atoms with Crippen LogP contribution in [0.1, 0.15) is 44.1 Å². The zero-order valence-corrected chi connectivity index (χ0v) is 14.1. The van der Waals surface area contributed by atoms with E-state index in [-0.39, 0.29) is 30.8 Å². The molecule has 0 aromatic heterocycles. The molecule has 0 spiro atoms. The van der Waals surface area contributed by atoms with Crippen LogP contribution < -0.4 is 4.74 Å². The van der Waals surface area contributed by atoms with Gasteiger partial charge in [-0.25, -0.2) is 8.78 Å². The molecular weight excluding hydrogens is 312 g/mol. The van der Waals surface area contributed by atoms with E-state index < -0.39 is 5.92 Å². The smallest absolute Gasteiger partial charge is 0.248 e. The molecule has 0 N–H and O–H groups in total. The minimum absolute atomic E-state index is 0.0549. The van der Waals surface area contributed by atoms with Crippen molar-refractivity contribution in [1.29, 1.82) is 0 Å². The number of ether oxygens (including phenoxy) is 1. The Kier molecular flexibility index (Phi) is 5.07. The summed E-state index contributed by atoms with van der Waals surface area (Å²) in [6.45, 7) is 3.35. The van der Waals surface area contributed by atoms with Gasteiger partial charge in [0.1, 0.15) is 11.9 Å². The van der Waals surface area contributed by atoms with E-state index in [0.29, 0.717) is 25.9 Å². The molecule has 132 valence electrons. The van der Waals surface area contributed by atoms with Crippen molar-refractivity contribution in [1.82, 2.24) is 4.90 Å². The maximum Gasteiger partial charge on any atom is 0.248 e. The average Bonchev–Trinajstić information content (AvgIpc) is 2.57. The number of amides is 1. The van der Waals surface area contributed by atoms with E-state index in [0.717, 1.165) is 18.6 Å². The summed E-state index contributed by atoms with van der Waals surface area (Å²) >= 11 is 0. The summed E-state index contributed by atoms with van der Waals surface area (Å²) in [6.07, 6.45) is 2.02. The summed E-state index contributed by atoms with van der Waals surface area (Å²) in [6, 6.07) is 7.98. The van der Waals surface area contributed by atoms with Crippen molar-refractivity contribution in [2.75, 3.05) is 13.1 Å². The third-order valence-electron chi connectivity index (χ3n) is 5.14. The first-order chi connectivity index (χ1) is 11.4. The topological polar surface area (TPSA) is 29.5 Å². The zero-order chi connectivity index (χ0) is 17.2. The number of carbonyl (C=O) groups excluding carboxylic acids is 1. The van der Waals surface area contributed by atoms with Crippen LogP contribution in [0.2, 0.25) is 0 Å². The van der Waals surface area contributed by atoms with Crippen LogP contribution in [0.5, 0.6) is 5.75 Å². The Morgan fingerprint density at radius 2 is 1.67 bits per heavy atom. The molecule has 1 aliphatic carbocycles. The molecule has 0 unspecified atom stereocenters. The van der Waals surface area contributed by atoms with Crippen LogP contribution in [-0.2, 0) is 4.79 Å². The lowest BCUT2D eigenvalue weighted by Gasteiger charge is -2.36. The summed E-state index contributed by atoms with van der Waals surface area (Å²) in [7, 11) is 0. The van der Waals surface area contributed by atoms with Gasteiger partial charge in [-0.2, -0.15) is 0 Å². The molecule has 1 aliphatic heterocycles. The number of rotatable bonds is 3. The number of nitrogens with zero attached hydrogens (tertiary/aromatic N) is 1. The highest BCUT2D eigenvalue weighted by atomic mass is 19.3. The number of hydrogen-bond donors (Lipinski definition) is 0. The molecule has 5 heteroatoms. The molecule has 24 heavy (non-hydrogen) atoms. The van der Waals surface area contributed by atoms with Crippen LogP contribution in [0.3, 0.4) is 0 Å². The molecule has 0 atom stereocenters. The van der Waals surface area contributed by atoms with Crippen molar-refractivity contribution in [2.45, 2.75) is 57.5 Å². The number of hydrogen-bond acceptors (Lipinski definition) is 2. The maximum atomic E-state index is 13.2. The second-order valence-corrected chi connectivity index (χ2v) is 7.09. The Morgan fingerprint density at radius 1 is 1.08 bits per heavy atom. The van der Waals surface area contributed by atoms with Crippen LogP contribution >= 0.6 is 0 Å². The highest BCUT2D eigenvalue weighted by Crippen LogP contribution is 2.37. The third-order valence-corrected chi connectivity index (χ3v) is 5.14. The number of carbonyl (C=O) groups is 1. The summed E-state index contributed by atoms with van der Waals surface area (Å²) in [5.74, 6) is -1.88. The van der Waals surface area contributed by atoms with Gasteiger partial charge in [0.25, 0.3) is 0 Å². The number of aryl methyl sites for hydroxylation is 1.